The summed E-state index contributed by atoms with van der Waals surface area (Å²) in [4.78, 5) is 62.5. The maximum absolute atomic E-state index is 14.5. The van der Waals surface area contributed by atoms with Gasteiger partial charge in [-0.3, -0.25) is 19.6 Å². The van der Waals surface area contributed by atoms with Gasteiger partial charge in [0.05, 0.1) is 73.3 Å². The molecule has 7 aromatic carbocycles. The molecule has 0 saturated carbocycles. The van der Waals surface area contributed by atoms with Crippen molar-refractivity contribution in [1.82, 2.24) is 44.9 Å². The average Bonchev–Trinajstić information content (AvgIpc) is 0.805. The van der Waals surface area contributed by atoms with E-state index in [4.69, 9.17) is 45.5 Å². The van der Waals surface area contributed by atoms with Gasteiger partial charge in [0, 0.05) is 144 Å². The Morgan fingerprint density at radius 3 is 1.15 bits per heavy atom. The molecule has 0 bridgehead atoms. The molecule has 16 rings (SSSR count). The summed E-state index contributed by atoms with van der Waals surface area (Å²) in [5, 5.41) is 23.9. The van der Waals surface area contributed by atoms with Crippen LogP contribution in [0.4, 0.5) is 76.1 Å². The van der Waals surface area contributed by atoms with Crippen molar-refractivity contribution < 1.29 is 22.8 Å². The fraction of sp³-hybridized carbons (Fsp3) is 0.0471. The number of fused-ring (bicyclic) bond motifs is 4. The van der Waals surface area contributed by atoms with Gasteiger partial charge in [-0.15, -0.1) is 0 Å². The van der Waals surface area contributed by atoms with Gasteiger partial charge in [0.1, 0.15) is 34.9 Å². The van der Waals surface area contributed by atoms with E-state index in [0.29, 0.717) is 83.7 Å². The number of para-hydroxylation sites is 4. The fourth-order valence-electron chi connectivity index (χ4n) is 11.6. The number of anilines is 11. The lowest BCUT2D eigenvalue weighted by Gasteiger charge is -2.13. The lowest BCUT2D eigenvalue weighted by Crippen LogP contribution is -2.10. The number of halogens is 6. The van der Waals surface area contributed by atoms with Gasteiger partial charge >= 0.3 is 0 Å². The fourth-order valence-corrected chi connectivity index (χ4v) is 12.1. The summed E-state index contributed by atoms with van der Waals surface area (Å²) in [6, 6.07) is 71.9. The minimum Gasteiger partial charge on any atom is -0.384 e. The number of nitrogens with one attached hydrogen (secondary N) is 6. The van der Waals surface area contributed by atoms with E-state index in [1.165, 1.54) is 43.3 Å². The second kappa shape index (κ2) is 34.2. The number of benzene rings is 7. The predicted molar refractivity (Wildman–Crippen MR) is 434 cm³/mol. The molecule has 8 N–H and O–H groups in total. The maximum atomic E-state index is 14.5. The topological polar surface area (TPSA) is 248 Å². The first kappa shape index (κ1) is 73.8. The van der Waals surface area contributed by atoms with Gasteiger partial charge in [-0.2, -0.15) is 0 Å². The molecule has 16 aromatic rings. The van der Waals surface area contributed by atoms with E-state index < -0.39 is 11.6 Å². The molecule has 109 heavy (non-hydrogen) atoms. The minimum atomic E-state index is -0.403. The first-order chi connectivity index (χ1) is 52.9. The first-order valence-electron chi connectivity index (χ1n) is 34.0. The van der Waals surface area contributed by atoms with Gasteiger partial charge in [0.2, 0.25) is 11.8 Å². The highest BCUT2D eigenvalue weighted by molar-refractivity contribution is 6.31. The van der Waals surface area contributed by atoms with E-state index >= 15 is 0 Å². The molecule has 9 aromatic heterocycles. The van der Waals surface area contributed by atoms with E-state index in [9.17, 15) is 22.8 Å². The van der Waals surface area contributed by atoms with Crippen LogP contribution in [0.25, 0.3) is 88.8 Å². The summed E-state index contributed by atoms with van der Waals surface area (Å²) in [5.41, 5.74) is 20.5. The Bertz CT molecular complexity index is 6050. The van der Waals surface area contributed by atoms with Crippen molar-refractivity contribution in [2.45, 2.75) is 27.2 Å². The number of hydrogen-bond acceptors (Lipinski definition) is 16. The largest absolute Gasteiger partial charge is 0.384 e. The predicted octanol–water partition coefficient (Wildman–Crippen LogP) is 22.1. The molecule has 538 valence electrons. The standard InChI is InChI=1S/C23H18ClFN4O.C22H16ClFN4O.C20H14ClFN4.C20H16N4/c1-2-23(30)29-22-12-15(9-10-26-22)27-20-13-21(17-11-14(24)7-8-18(17)25)28-19-6-4-3-5-16(19)20;1-13(29)26-22-11-15(8-9-25-22)27-20-12-21(17-10-14(23)6-7-18(17)24)28-19-5-3-2-4-16(19)20;21-12-5-6-16(22)15(9-12)19-11-18(14-3-1-2-4-17(14)26-19)25-13-7-8-24-20(23)10-13;1-14-5-4-8-18(22-14)20-13-19(23-15-9-11-21-12-10-15)16-6-2-3-7-17(16)24-20/h3-13H,2H2,1H3,(H2,26,27,28,29,30);2-12H,1H3,(H2,25,26,27,28,29);1-11H,(H3,23,24,25,26);2-13H,1H3,(H,21,23,24). The maximum Gasteiger partial charge on any atom is 0.225 e. The van der Waals surface area contributed by atoms with Gasteiger partial charge in [0.15, 0.2) is 0 Å². The number of hydrogen-bond donors (Lipinski definition) is 7. The molecule has 9 heterocycles. The number of amides is 2. The van der Waals surface area contributed by atoms with Crippen LogP contribution in [0.1, 0.15) is 26.0 Å². The van der Waals surface area contributed by atoms with Crippen molar-refractivity contribution in [3.8, 4) is 45.2 Å². The first-order valence-corrected chi connectivity index (χ1v) is 35.1. The zero-order valence-corrected chi connectivity index (χ0v) is 60.6. The van der Waals surface area contributed by atoms with Crippen LogP contribution in [0, 0.1) is 24.4 Å². The van der Waals surface area contributed by atoms with Gasteiger partial charge in [0.25, 0.3) is 0 Å². The van der Waals surface area contributed by atoms with Crippen LogP contribution >= 0.6 is 34.8 Å². The number of nitrogen functional groups attached to an aromatic ring is 1. The van der Waals surface area contributed by atoms with E-state index in [1.807, 2.05) is 140 Å². The quantitative estimate of drug-likeness (QED) is 0.0504. The van der Waals surface area contributed by atoms with Crippen molar-refractivity contribution in [3.05, 3.63) is 312 Å². The molecule has 0 radical (unpaired) electrons. The number of nitrogens with zero attached hydrogens (tertiary/aromatic N) is 9. The molecule has 0 unspecified atom stereocenters. The van der Waals surface area contributed by atoms with Crippen molar-refractivity contribution in [3.63, 3.8) is 0 Å². The second-order valence-corrected chi connectivity index (χ2v) is 25.8. The van der Waals surface area contributed by atoms with Crippen molar-refractivity contribution in [1.29, 1.82) is 0 Å². The highest BCUT2D eigenvalue weighted by atomic mass is 35.5. The van der Waals surface area contributed by atoms with Gasteiger partial charge < -0.3 is 37.6 Å². The Hall–Kier alpha value is -13.5. The molecule has 24 heteroatoms. The molecule has 2 amide bonds. The van der Waals surface area contributed by atoms with Crippen LogP contribution in [-0.2, 0) is 9.59 Å². The number of carbonyl (C=O) groups excluding carboxylic acids is 2. The third-order valence-corrected chi connectivity index (χ3v) is 17.3. The van der Waals surface area contributed by atoms with Crippen molar-refractivity contribution in [2.24, 2.45) is 0 Å². The van der Waals surface area contributed by atoms with Crippen molar-refractivity contribution >= 4 is 153 Å². The zero-order valence-electron chi connectivity index (χ0n) is 58.4. The van der Waals surface area contributed by atoms with E-state index in [-0.39, 0.29) is 17.6 Å². The summed E-state index contributed by atoms with van der Waals surface area (Å²) < 4.78 is 43.2. The Morgan fingerprint density at radius 2 is 0.743 bits per heavy atom. The number of pyridine rings is 9. The Morgan fingerprint density at radius 1 is 0.376 bits per heavy atom. The molecule has 18 nitrogen and oxygen atoms in total. The molecule has 0 fully saturated rings. The molecule has 0 aliphatic heterocycles. The molecule has 0 aliphatic carbocycles. The van der Waals surface area contributed by atoms with Crippen LogP contribution in [0.5, 0.6) is 0 Å². The second-order valence-electron chi connectivity index (χ2n) is 24.5. The van der Waals surface area contributed by atoms with Crippen LogP contribution in [-0.4, -0.2) is 56.7 Å². The summed E-state index contributed by atoms with van der Waals surface area (Å²) in [6.45, 7) is 5.18. The Kier molecular flexibility index (Phi) is 23.2. The molecule has 0 atom stereocenters. The molecular weight excluding hydrogens is 1440 g/mol. The zero-order chi connectivity index (χ0) is 75.9. The van der Waals surface area contributed by atoms with Crippen LogP contribution in [0.2, 0.25) is 15.1 Å². The summed E-state index contributed by atoms with van der Waals surface area (Å²) >= 11 is 18.2. The SMILES string of the molecule is CC(=O)Nc1cc(Nc2cc(-c3cc(Cl)ccc3F)nc3ccccc23)ccn1.CCC(=O)Nc1cc(Nc2cc(-c3cc(Cl)ccc3F)nc3ccccc23)ccn1.Cc1cccc(-c2cc(Nc3ccncc3)c3ccccc3n2)n1.Nc1cc(Nc2cc(-c3cc(Cl)ccc3F)nc3ccccc23)ccn1. The average molecular weight is 1500 g/mol. The number of nitrogens with two attached hydrogens (primary N) is 1. The highest BCUT2D eigenvalue weighted by Crippen LogP contribution is 2.38. The van der Waals surface area contributed by atoms with E-state index in [1.54, 1.807) is 105 Å². The molecule has 0 aliphatic rings. The van der Waals surface area contributed by atoms with Crippen LogP contribution in [0.15, 0.2) is 274 Å². The molecular formula is C85H64Cl3F3N16O2. The number of carbonyl (C=O) groups is 2. The highest BCUT2D eigenvalue weighted by Gasteiger charge is 2.18. The van der Waals surface area contributed by atoms with E-state index in [0.717, 1.165) is 95.2 Å². The summed E-state index contributed by atoms with van der Waals surface area (Å²) in [6.07, 6.45) is 8.73. The molecule has 0 spiro atoms. The third-order valence-electron chi connectivity index (χ3n) is 16.6. The van der Waals surface area contributed by atoms with Crippen LogP contribution < -0.4 is 37.6 Å². The van der Waals surface area contributed by atoms with Gasteiger partial charge in [-0.25, -0.2) is 48.1 Å². The lowest BCUT2D eigenvalue weighted by molar-refractivity contribution is -0.116. The van der Waals surface area contributed by atoms with Gasteiger partial charge in [-0.1, -0.05) is 121 Å². The minimum absolute atomic E-state index is 0.118. The monoisotopic (exact) mass is 1500 g/mol. The van der Waals surface area contributed by atoms with E-state index in [2.05, 4.69) is 77.8 Å². The number of aromatic nitrogens is 9. The van der Waals surface area contributed by atoms with Gasteiger partial charge in [-0.05, 0) is 153 Å². The Labute approximate surface area is 638 Å². The Balaban J connectivity index is 0.000000128. The molecule has 0 saturated heterocycles. The number of aryl methyl sites for hydroxylation is 1. The summed E-state index contributed by atoms with van der Waals surface area (Å²) in [7, 11) is 0. The van der Waals surface area contributed by atoms with Crippen LogP contribution in [0.3, 0.4) is 0 Å². The van der Waals surface area contributed by atoms with Crippen molar-refractivity contribution in [2.75, 3.05) is 37.6 Å². The normalized spacial score (nSPS) is 10.8. The lowest BCUT2D eigenvalue weighted by atomic mass is 10.1. The summed E-state index contributed by atoms with van der Waals surface area (Å²) in [5.74, 6) is -0.212. The number of rotatable bonds is 15. The third kappa shape index (κ3) is 18.8. The smallest absolute Gasteiger partial charge is 0.225 e.